The highest BCUT2D eigenvalue weighted by molar-refractivity contribution is 14.1. The first kappa shape index (κ1) is 20.8. The fourth-order valence-electron chi connectivity index (χ4n) is 2.80. The lowest BCUT2D eigenvalue weighted by Crippen LogP contribution is -2.16. The summed E-state index contributed by atoms with van der Waals surface area (Å²) < 4.78 is 3.13. The fourth-order valence-corrected chi connectivity index (χ4v) is 3.53. The van der Waals surface area contributed by atoms with E-state index in [1.807, 2.05) is 23.9 Å². The van der Waals surface area contributed by atoms with E-state index in [9.17, 15) is 5.11 Å². The molecule has 6 nitrogen and oxygen atoms in total. The average molecular weight is 510 g/mol. The molecule has 3 rings (SSSR count). The number of rotatable bonds is 3. The maximum absolute atomic E-state index is 9.89. The Hall–Kier alpha value is -1.89. The van der Waals surface area contributed by atoms with Crippen LogP contribution in [0.25, 0.3) is 11.0 Å². The minimum atomic E-state index is -0.865. The molecule has 0 bridgehead atoms. The first-order chi connectivity index (χ1) is 13.1. The van der Waals surface area contributed by atoms with Crippen LogP contribution in [0.15, 0.2) is 12.4 Å². The van der Waals surface area contributed by atoms with Crippen LogP contribution in [0.3, 0.4) is 0 Å². The molecule has 0 aliphatic heterocycles. The molecule has 28 heavy (non-hydrogen) atoms. The zero-order valence-electron chi connectivity index (χ0n) is 16.1. The topological polar surface area (TPSA) is 89.8 Å². The van der Waals surface area contributed by atoms with E-state index in [4.69, 9.17) is 17.3 Å². The van der Waals surface area contributed by atoms with Crippen molar-refractivity contribution in [3.05, 3.63) is 43.5 Å². The van der Waals surface area contributed by atoms with Crippen LogP contribution in [-0.4, -0.2) is 30.2 Å². The smallest absolute Gasteiger partial charge is 0.223 e. The Labute approximate surface area is 182 Å². The van der Waals surface area contributed by atoms with Gasteiger partial charge >= 0.3 is 0 Å². The average Bonchev–Trinajstić information content (AvgIpc) is 2.92. The Morgan fingerprint density at radius 2 is 2.04 bits per heavy atom. The van der Waals surface area contributed by atoms with Crippen LogP contribution in [0.4, 0.5) is 5.95 Å². The van der Waals surface area contributed by atoms with Gasteiger partial charge in [-0.25, -0.2) is 4.98 Å². The molecule has 0 radical (unpaired) electrons. The summed E-state index contributed by atoms with van der Waals surface area (Å²) in [6, 6.07) is 0. The summed E-state index contributed by atoms with van der Waals surface area (Å²) in [6.45, 7) is 8.05. The van der Waals surface area contributed by atoms with Crippen molar-refractivity contribution >= 4 is 51.2 Å². The van der Waals surface area contributed by atoms with Crippen molar-refractivity contribution in [2.45, 2.75) is 46.3 Å². The van der Waals surface area contributed by atoms with Gasteiger partial charge < -0.3 is 15.4 Å². The number of anilines is 1. The fraction of sp³-hybridized carbons (Fsp3) is 0.350. The van der Waals surface area contributed by atoms with Crippen molar-refractivity contribution in [1.82, 2.24) is 19.5 Å². The second-order valence-electron chi connectivity index (χ2n) is 7.36. The Bertz CT molecular complexity index is 1120. The van der Waals surface area contributed by atoms with Crippen molar-refractivity contribution in [3.63, 3.8) is 0 Å². The summed E-state index contributed by atoms with van der Waals surface area (Å²) in [5, 5.41) is 10.8. The summed E-state index contributed by atoms with van der Waals surface area (Å²) in [6.07, 6.45) is 4.09. The summed E-state index contributed by atoms with van der Waals surface area (Å²) in [4.78, 5) is 13.0. The molecule has 0 saturated heterocycles. The van der Waals surface area contributed by atoms with Crippen molar-refractivity contribution in [2.75, 3.05) is 5.73 Å². The summed E-state index contributed by atoms with van der Waals surface area (Å²) in [7, 11) is 0. The van der Waals surface area contributed by atoms with E-state index in [-0.39, 0.29) is 11.1 Å². The molecule has 0 aliphatic rings. The van der Waals surface area contributed by atoms with Crippen LogP contribution in [-0.2, 0) is 6.54 Å². The number of nitrogen functional groups attached to an aromatic ring is 1. The first-order valence-corrected chi connectivity index (χ1v) is 10.2. The van der Waals surface area contributed by atoms with Crippen molar-refractivity contribution in [3.8, 4) is 11.8 Å². The standard InChI is InChI=1S/C20H21ClIN5O/c1-11-8-24-14(12(2)16(11)22)10-27-9-13(6-5-7-20(3,4)28)15-17(21)25-19(23)26-18(15)27/h8-9,28H,7,10H2,1-4H3,(H2,23,25,26). The number of nitrogens with two attached hydrogens (primary N) is 1. The maximum Gasteiger partial charge on any atom is 0.223 e. The zero-order valence-corrected chi connectivity index (χ0v) is 19.1. The van der Waals surface area contributed by atoms with E-state index < -0.39 is 5.60 Å². The highest BCUT2D eigenvalue weighted by Crippen LogP contribution is 2.28. The van der Waals surface area contributed by atoms with Gasteiger partial charge in [-0.1, -0.05) is 23.4 Å². The molecule has 0 aromatic carbocycles. The van der Waals surface area contributed by atoms with E-state index in [1.165, 1.54) is 3.57 Å². The van der Waals surface area contributed by atoms with Crippen LogP contribution >= 0.6 is 34.2 Å². The van der Waals surface area contributed by atoms with Gasteiger partial charge in [0.1, 0.15) is 10.8 Å². The Morgan fingerprint density at radius 3 is 2.71 bits per heavy atom. The number of halogens is 2. The molecule has 0 spiro atoms. The van der Waals surface area contributed by atoms with E-state index in [1.54, 1.807) is 13.8 Å². The van der Waals surface area contributed by atoms with Gasteiger partial charge in [-0.15, -0.1) is 0 Å². The number of aromatic nitrogens is 4. The second-order valence-corrected chi connectivity index (χ2v) is 8.80. The van der Waals surface area contributed by atoms with E-state index >= 15 is 0 Å². The molecule has 3 aromatic heterocycles. The van der Waals surface area contributed by atoms with Crippen LogP contribution in [0.5, 0.6) is 0 Å². The SMILES string of the molecule is Cc1cnc(Cn2cc(C#CCC(C)(C)O)c3c(Cl)nc(N)nc32)c(C)c1I. The van der Waals surface area contributed by atoms with E-state index in [0.717, 1.165) is 16.8 Å². The molecule has 3 aromatic rings. The molecule has 0 fully saturated rings. The predicted octanol–water partition coefficient (Wildman–Crippen LogP) is 3.84. The number of aryl methyl sites for hydroxylation is 1. The number of aliphatic hydroxyl groups is 1. The summed E-state index contributed by atoms with van der Waals surface area (Å²) in [5.74, 6) is 6.20. The minimum absolute atomic E-state index is 0.107. The van der Waals surface area contributed by atoms with Gasteiger partial charge in [-0.05, 0) is 61.4 Å². The van der Waals surface area contributed by atoms with Crippen LogP contribution < -0.4 is 5.73 Å². The molecule has 3 heterocycles. The lowest BCUT2D eigenvalue weighted by atomic mass is 10.1. The van der Waals surface area contributed by atoms with E-state index in [2.05, 4.69) is 56.3 Å². The third kappa shape index (κ3) is 4.40. The van der Waals surface area contributed by atoms with Crippen LogP contribution in [0.1, 0.15) is 42.7 Å². The number of nitrogens with zero attached hydrogens (tertiary/aromatic N) is 4. The molecule has 3 N–H and O–H groups in total. The van der Waals surface area contributed by atoms with Crippen molar-refractivity contribution in [2.24, 2.45) is 0 Å². The lowest BCUT2D eigenvalue weighted by molar-refractivity contribution is 0.0862. The molecule has 0 saturated carbocycles. The normalized spacial score (nSPS) is 11.5. The summed E-state index contributed by atoms with van der Waals surface area (Å²) >= 11 is 8.69. The highest BCUT2D eigenvalue weighted by atomic mass is 127. The summed E-state index contributed by atoms with van der Waals surface area (Å²) in [5.41, 5.74) is 9.48. The largest absolute Gasteiger partial charge is 0.389 e. The minimum Gasteiger partial charge on any atom is -0.389 e. The van der Waals surface area contributed by atoms with Gasteiger partial charge in [0.25, 0.3) is 0 Å². The lowest BCUT2D eigenvalue weighted by Gasteiger charge is -2.11. The van der Waals surface area contributed by atoms with Gasteiger partial charge in [0, 0.05) is 22.4 Å². The number of hydrogen-bond acceptors (Lipinski definition) is 5. The van der Waals surface area contributed by atoms with Crippen molar-refractivity contribution < 1.29 is 5.11 Å². The van der Waals surface area contributed by atoms with Gasteiger partial charge in [0.2, 0.25) is 5.95 Å². The predicted molar refractivity (Wildman–Crippen MR) is 120 cm³/mol. The quantitative estimate of drug-likeness (QED) is 0.318. The Balaban J connectivity index is 2.12. The van der Waals surface area contributed by atoms with E-state index in [0.29, 0.717) is 29.6 Å². The molecule has 146 valence electrons. The monoisotopic (exact) mass is 509 g/mol. The van der Waals surface area contributed by atoms with Crippen molar-refractivity contribution in [1.29, 1.82) is 0 Å². The molecular weight excluding hydrogens is 489 g/mol. The molecule has 0 atom stereocenters. The number of hydrogen-bond donors (Lipinski definition) is 2. The zero-order chi connectivity index (χ0) is 20.6. The maximum atomic E-state index is 9.89. The number of fused-ring (bicyclic) bond motifs is 1. The molecular formula is C20H21ClIN5O. The van der Waals surface area contributed by atoms with Crippen LogP contribution in [0, 0.1) is 29.3 Å². The third-order valence-electron chi connectivity index (χ3n) is 4.28. The van der Waals surface area contributed by atoms with Crippen LogP contribution in [0.2, 0.25) is 5.15 Å². The Kier molecular flexibility index (Phi) is 5.84. The highest BCUT2D eigenvalue weighted by Gasteiger charge is 2.17. The number of pyridine rings is 1. The first-order valence-electron chi connectivity index (χ1n) is 8.70. The second kappa shape index (κ2) is 7.85. The molecule has 0 aliphatic carbocycles. The Morgan fingerprint density at radius 1 is 1.32 bits per heavy atom. The van der Waals surface area contributed by atoms with Gasteiger partial charge in [-0.2, -0.15) is 4.98 Å². The van der Waals surface area contributed by atoms with Gasteiger partial charge in [0.05, 0.1) is 28.8 Å². The third-order valence-corrected chi connectivity index (χ3v) is 6.21. The molecule has 8 heteroatoms. The molecule has 0 unspecified atom stereocenters. The molecule has 0 amide bonds. The van der Waals surface area contributed by atoms with Gasteiger partial charge in [0.15, 0.2) is 0 Å². The van der Waals surface area contributed by atoms with Gasteiger partial charge in [-0.3, -0.25) is 4.98 Å².